The van der Waals surface area contributed by atoms with Gasteiger partial charge in [0.1, 0.15) is 5.75 Å². The van der Waals surface area contributed by atoms with E-state index in [1.807, 2.05) is 30.3 Å². The molecule has 4 aromatic rings. The van der Waals surface area contributed by atoms with Crippen molar-refractivity contribution in [1.29, 1.82) is 0 Å². The van der Waals surface area contributed by atoms with Crippen LogP contribution in [0.3, 0.4) is 0 Å². The minimum absolute atomic E-state index is 0.162. The fourth-order valence-corrected chi connectivity index (χ4v) is 4.57. The molecule has 0 aliphatic carbocycles. The van der Waals surface area contributed by atoms with Gasteiger partial charge in [-0.1, -0.05) is 23.5 Å². The van der Waals surface area contributed by atoms with Crippen molar-refractivity contribution in [3.8, 4) is 17.0 Å². The Morgan fingerprint density at radius 3 is 2.76 bits per heavy atom. The molecule has 2 aromatic carbocycles. The quantitative estimate of drug-likeness (QED) is 0.529. The standard InChI is InChI=1S/C15H11BrN4O3S2/c1-23-13-6-8-2-3-9(4-10(8)5-11(13)16)12-7-18-14-20(12)19-15(24-14)25(17,21)22/h2-7H,1H3,(H2,17,21,22). The third-order valence-electron chi connectivity index (χ3n) is 3.72. The van der Waals surface area contributed by atoms with Gasteiger partial charge in [0, 0.05) is 5.56 Å². The molecule has 0 spiro atoms. The molecule has 25 heavy (non-hydrogen) atoms. The van der Waals surface area contributed by atoms with Crippen LogP contribution >= 0.6 is 27.3 Å². The molecule has 0 bridgehead atoms. The normalized spacial score (nSPS) is 12.1. The van der Waals surface area contributed by atoms with Gasteiger partial charge in [-0.25, -0.2) is 23.1 Å². The number of sulfonamides is 1. The highest BCUT2D eigenvalue weighted by molar-refractivity contribution is 9.10. The van der Waals surface area contributed by atoms with E-state index < -0.39 is 10.0 Å². The number of methoxy groups -OCH3 is 1. The maximum atomic E-state index is 11.5. The van der Waals surface area contributed by atoms with Gasteiger partial charge in [-0.3, -0.25) is 0 Å². The summed E-state index contributed by atoms with van der Waals surface area (Å²) in [7, 11) is -2.24. The molecule has 4 rings (SSSR count). The number of benzene rings is 2. The van der Waals surface area contributed by atoms with Crippen molar-refractivity contribution < 1.29 is 13.2 Å². The first-order chi connectivity index (χ1) is 11.9. The van der Waals surface area contributed by atoms with Gasteiger partial charge < -0.3 is 4.74 Å². The summed E-state index contributed by atoms with van der Waals surface area (Å²) in [5.41, 5.74) is 1.55. The van der Waals surface area contributed by atoms with Crippen molar-refractivity contribution in [3.63, 3.8) is 0 Å². The van der Waals surface area contributed by atoms with E-state index in [0.29, 0.717) is 10.7 Å². The predicted octanol–water partition coefficient (Wildman–Crippen LogP) is 3.03. The first-order valence-corrected chi connectivity index (χ1v) is 10.2. The predicted molar refractivity (Wildman–Crippen MR) is 99.4 cm³/mol. The topological polar surface area (TPSA) is 99.6 Å². The molecule has 0 fully saturated rings. The lowest BCUT2D eigenvalue weighted by Crippen LogP contribution is -2.12. The number of imidazole rings is 1. The van der Waals surface area contributed by atoms with Gasteiger partial charge in [0.15, 0.2) is 0 Å². The van der Waals surface area contributed by atoms with Crippen LogP contribution in [0.15, 0.2) is 45.3 Å². The minimum Gasteiger partial charge on any atom is -0.496 e. The molecule has 2 N–H and O–H groups in total. The van der Waals surface area contributed by atoms with E-state index in [0.717, 1.165) is 37.9 Å². The lowest BCUT2D eigenvalue weighted by Gasteiger charge is -2.07. The van der Waals surface area contributed by atoms with Gasteiger partial charge in [-0.05, 0) is 44.9 Å². The molecular weight excluding hydrogens is 428 g/mol. The number of nitrogens with zero attached hydrogens (tertiary/aromatic N) is 3. The van der Waals surface area contributed by atoms with E-state index in [1.54, 1.807) is 13.3 Å². The van der Waals surface area contributed by atoms with Crippen LogP contribution < -0.4 is 9.88 Å². The largest absolute Gasteiger partial charge is 0.496 e. The fourth-order valence-electron chi connectivity index (χ4n) is 2.55. The van der Waals surface area contributed by atoms with Crippen LogP contribution in [0.5, 0.6) is 5.75 Å². The Morgan fingerprint density at radius 1 is 1.24 bits per heavy atom. The molecule has 0 amide bonds. The summed E-state index contributed by atoms with van der Waals surface area (Å²) in [6, 6.07) is 9.78. The number of nitrogens with two attached hydrogens (primary N) is 1. The van der Waals surface area contributed by atoms with Crippen molar-refractivity contribution in [2.45, 2.75) is 4.34 Å². The van der Waals surface area contributed by atoms with Gasteiger partial charge >= 0.3 is 0 Å². The average Bonchev–Trinajstić information content (AvgIpc) is 3.13. The molecule has 0 saturated heterocycles. The van der Waals surface area contributed by atoms with Gasteiger partial charge in [0.2, 0.25) is 9.30 Å². The second-order valence-corrected chi connectivity index (χ2v) is 8.84. The maximum absolute atomic E-state index is 11.5. The Kier molecular flexibility index (Phi) is 3.80. The Morgan fingerprint density at radius 2 is 2.04 bits per heavy atom. The maximum Gasteiger partial charge on any atom is 0.267 e. The van der Waals surface area contributed by atoms with Crippen LogP contribution in [0.1, 0.15) is 0 Å². The molecule has 0 atom stereocenters. The van der Waals surface area contributed by atoms with Crippen molar-refractivity contribution in [2.24, 2.45) is 5.14 Å². The minimum atomic E-state index is -3.86. The number of aromatic nitrogens is 3. The molecule has 0 aliphatic rings. The number of ether oxygens (including phenoxy) is 1. The van der Waals surface area contributed by atoms with E-state index in [2.05, 4.69) is 26.0 Å². The summed E-state index contributed by atoms with van der Waals surface area (Å²) in [6.07, 6.45) is 1.66. The van der Waals surface area contributed by atoms with E-state index in [9.17, 15) is 8.42 Å². The zero-order valence-electron chi connectivity index (χ0n) is 12.8. The Labute approximate surface area is 155 Å². The Bertz CT molecular complexity index is 1230. The number of hydrogen-bond donors (Lipinski definition) is 1. The summed E-state index contributed by atoms with van der Waals surface area (Å²) in [5, 5.41) is 11.2. The highest BCUT2D eigenvalue weighted by Crippen LogP contribution is 2.33. The number of hydrogen-bond acceptors (Lipinski definition) is 6. The van der Waals surface area contributed by atoms with Crippen LogP contribution in [-0.2, 0) is 10.0 Å². The fraction of sp³-hybridized carbons (Fsp3) is 0.0667. The smallest absolute Gasteiger partial charge is 0.267 e. The lowest BCUT2D eigenvalue weighted by atomic mass is 10.1. The molecule has 0 saturated carbocycles. The molecule has 10 heteroatoms. The third kappa shape index (κ3) is 2.80. The van der Waals surface area contributed by atoms with Crippen molar-refractivity contribution in [1.82, 2.24) is 14.6 Å². The first kappa shape index (κ1) is 16.5. The highest BCUT2D eigenvalue weighted by atomic mass is 79.9. The van der Waals surface area contributed by atoms with Crippen molar-refractivity contribution in [2.75, 3.05) is 7.11 Å². The van der Waals surface area contributed by atoms with E-state index >= 15 is 0 Å². The van der Waals surface area contributed by atoms with Gasteiger partial charge in [0.25, 0.3) is 10.0 Å². The monoisotopic (exact) mass is 438 g/mol. The molecule has 0 radical (unpaired) electrons. The van der Waals surface area contributed by atoms with Crippen molar-refractivity contribution >= 4 is 53.0 Å². The average molecular weight is 439 g/mol. The number of halogens is 1. The second-order valence-electron chi connectivity index (χ2n) is 5.30. The molecule has 2 aromatic heterocycles. The number of fused-ring (bicyclic) bond motifs is 2. The summed E-state index contributed by atoms with van der Waals surface area (Å²) in [6.45, 7) is 0. The summed E-state index contributed by atoms with van der Waals surface area (Å²) < 4.78 is 30.5. The second kappa shape index (κ2) is 5.77. The summed E-state index contributed by atoms with van der Waals surface area (Å²) in [4.78, 5) is 4.69. The van der Waals surface area contributed by atoms with Gasteiger partial charge in [-0.15, -0.1) is 5.10 Å². The van der Waals surface area contributed by atoms with Crippen molar-refractivity contribution in [3.05, 3.63) is 41.0 Å². The van der Waals surface area contributed by atoms with Gasteiger partial charge in [-0.2, -0.15) is 0 Å². The highest BCUT2D eigenvalue weighted by Gasteiger charge is 2.18. The van der Waals surface area contributed by atoms with Crippen LogP contribution in [-0.4, -0.2) is 30.1 Å². The van der Waals surface area contributed by atoms with Gasteiger partial charge in [0.05, 0.1) is 23.5 Å². The Balaban J connectivity index is 1.89. The Hall–Kier alpha value is -2.01. The van der Waals surface area contributed by atoms with Crippen LogP contribution in [0.4, 0.5) is 0 Å². The third-order valence-corrected chi connectivity index (χ3v) is 6.57. The number of primary sulfonamides is 1. The molecule has 2 heterocycles. The molecule has 7 nitrogen and oxygen atoms in total. The lowest BCUT2D eigenvalue weighted by molar-refractivity contribution is 0.413. The van der Waals surface area contributed by atoms with E-state index in [-0.39, 0.29) is 4.34 Å². The van der Waals surface area contributed by atoms with E-state index in [4.69, 9.17) is 9.88 Å². The zero-order chi connectivity index (χ0) is 17.8. The van der Waals surface area contributed by atoms with E-state index in [1.165, 1.54) is 4.52 Å². The number of rotatable bonds is 3. The molecule has 0 aliphatic heterocycles. The van der Waals surface area contributed by atoms with Crippen LogP contribution in [0.25, 0.3) is 27.0 Å². The first-order valence-electron chi connectivity index (χ1n) is 7.02. The SMILES string of the molecule is COc1cc2ccc(-c3cnc4sc(S(N)(=O)=O)nn34)cc2cc1Br. The van der Waals surface area contributed by atoms with Crippen LogP contribution in [0, 0.1) is 0 Å². The molecule has 0 unspecified atom stereocenters. The zero-order valence-corrected chi connectivity index (χ0v) is 16.0. The summed E-state index contributed by atoms with van der Waals surface area (Å²) >= 11 is 4.42. The van der Waals surface area contributed by atoms with Crippen LogP contribution in [0.2, 0.25) is 0 Å². The summed E-state index contributed by atoms with van der Waals surface area (Å²) in [5.74, 6) is 0.754. The molecule has 128 valence electrons. The molecular formula is C15H11BrN4O3S2.